The Kier molecular flexibility index (Phi) is 5.98. The number of hydrogen-bond donors (Lipinski definition) is 1. The maximum Gasteiger partial charge on any atom is 0.261 e. The van der Waals surface area contributed by atoms with Gasteiger partial charge in [0.25, 0.3) is 5.91 Å². The van der Waals surface area contributed by atoms with Crippen LogP contribution in [0.4, 0.5) is 0 Å². The molecule has 0 spiro atoms. The van der Waals surface area contributed by atoms with Crippen molar-refractivity contribution in [2.45, 2.75) is 0 Å². The molecule has 8 heteroatoms. The number of likely N-dealkylation sites (N-methyl/N-ethyl adjacent to an activating group) is 1. The number of carbonyl (C=O) groups excluding carboxylic acids is 2. The van der Waals surface area contributed by atoms with Gasteiger partial charge in [-0.15, -0.1) is 5.10 Å². The minimum absolute atomic E-state index is 0.0411. The van der Waals surface area contributed by atoms with E-state index in [1.54, 1.807) is 27.4 Å². The third kappa shape index (κ3) is 4.23. The number of carbonyl (C=O) groups is 2. The minimum Gasteiger partial charge on any atom is -0.479 e. The third-order valence-electron chi connectivity index (χ3n) is 2.57. The Labute approximate surface area is 117 Å². The number of rotatable bonds is 7. The quantitative estimate of drug-likeness (QED) is 0.667. The number of nitrogens with one attached hydrogen (secondary N) is 1. The summed E-state index contributed by atoms with van der Waals surface area (Å²) >= 11 is 0. The van der Waals surface area contributed by atoms with Crippen LogP contribution in [0, 0.1) is 0 Å². The van der Waals surface area contributed by atoms with E-state index in [1.165, 1.54) is 16.7 Å². The predicted octanol–water partition coefficient (Wildman–Crippen LogP) is -0.737. The van der Waals surface area contributed by atoms with Crippen LogP contribution in [0.1, 0.15) is 10.4 Å². The summed E-state index contributed by atoms with van der Waals surface area (Å²) in [6, 6.07) is 0. The molecule has 8 nitrogen and oxygen atoms in total. The summed E-state index contributed by atoms with van der Waals surface area (Å²) in [4.78, 5) is 25.1. The third-order valence-corrected chi connectivity index (χ3v) is 2.57. The van der Waals surface area contributed by atoms with Gasteiger partial charge in [0.2, 0.25) is 11.8 Å². The average molecular weight is 284 g/mol. The molecule has 0 bridgehead atoms. The fourth-order valence-corrected chi connectivity index (χ4v) is 1.61. The Morgan fingerprint density at radius 3 is 2.75 bits per heavy atom. The molecule has 0 radical (unpaired) electrons. The Bertz CT molecular complexity index is 472. The second-order valence-corrected chi connectivity index (χ2v) is 4.23. The lowest BCUT2D eigenvalue weighted by Gasteiger charge is -2.16. The van der Waals surface area contributed by atoms with E-state index < -0.39 is 0 Å². The highest BCUT2D eigenvalue weighted by Gasteiger charge is 2.21. The number of ether oxygens (including phenoxy) is 2. The van der Waals surface area contributed by atoms with Crippen LogP contribution in [-0.4, -0.2) is 67.5 Å². The van der Waals surface area contributed by atoms with Crippen LogP contribution in [0.5, 0.6) is 5.88 Å². The number of nitrogens with zero attached hydrogens (tertiary/aromatic N) is 3. The molecule has 1 heterocycles. The molecule has 112 valence electrons. The van der Waals surface area contributed by atoms with Gasteiger partial charge in [-0.3, -0.25) is 14.3 Å². The Morgan fingerprint density at radius 2 is 2.15 bits per heavy atom. The molecule has 0 aromatic carbocycles. The van der Waals surface area contributed by atoms with Crippen molar-refractivity contribution < 1.29 is 19.1 Å². The van der Waals surface area contributed by atoms with Gasteiger partial charge in [-0.25, -0.2) is 0 Å². The smallest absolute Gasteiger partial charge is 0.261 e. The van der Waals surface area contributed by atoms with Gasteiger partial charge in [0.05, 0.1) is 20.3 Å². The van der Waals surface area contributed by atoms with Crippen LogP contribution in [0.25, 0.3) is 0 Å². The molecule has 0 aliphatic carbocycles. The molecule has 2 amide bonds. The molecule has 20 heavy (non-hydrogen) atoms. The fraction of sp³-hybridized carbons (Fsp3) is 0.583. The Morgan fingerprint density at radius 1 is 1.45 bits per heavy atom. The number of aromatic nitrogens is 2. The Hall–Kier alpha value is -2.09. The molecule has 0 saturated carbocycles. The van der Waals surface area contributed by atoms with Crippen LogP contribution < -0.4 is 10.1 Å². The van der Waals surface area contributed by atoms with Crippen molar-refractivity contribution >= 4 is 11.8 Å². The highest BCUT2D eigenvalue weighted by atomic mass is 16.5. The lowest BCUT2D eigenvalue weighted by atomic mass is 10.3. The SMILES string of the molecule is COCCNC(=O)CN(C)C(=O)c1cn(C)nc1OC. The monoisotopic (exact) mass is 284 g/mol. The summed E-state index contributed by atoms with van der Waals surface area (Å²) in [7, 11) is 6.23. The first-order valence-corrected chi connectivity index (χ1v) is 6.08. The second kappa shape index (κ2) is 7.49. The summed E-state index contributed by atoms with van der Waals surface area (Å²) in [6.07, 6.45) is 1.56. The highest BCUT2D eigenvalue weighted by Crippen LogP contribution is 2.16. The van der Waals surface area contributed by atoms with Crippen molar-refractivity contribution in [2.24, 2.45) is 7.05 Å². The highest BCUT2D eigenvalue weighted by molar-refractivity contribution is 5.98. The standard InChI is InChI=1S/C12H20N4O4/c1-15(8-10(17)13-5-6-19-3)12(18)9-7-16(2)14-11(9)20-4/h7H,5-6,8H2,1-4H3,(H,13,17). The fourth-order valence-electron chi connectivity index (χ4n) is 1.61. The number of aryl methyl sites for hydroxylation is 1. The number of amides is 2. The summed E-state index contributed by atoms with van der Waals surface area (Å²) in [6.45, 7) is 0.800. The van der Waals surface area contributed by atoms with Crippen LogP contribution in [-0.2, 0) is 16.6 Å². The molecule has 1 aromatic rings. The van der Waals surface area contributed by atoms with Crippen molar-refractivity contribution in [1.82, 2.24) is 20.0 Å². The van der Waals surface area contributed by atoms with Crippen LogP contribution >= 0.6 is 0 Å². The van der Waals surface area contributed by atoms with Crippen LogP contribution in [0.3, 0.4) is 0 Å². The number of hydrogen-bond acceptors (Lipinski definition) is 5. The van der Waals surface area contributed by atoms with Crippen molar-refractivity contribution in [3.05, 3.63) is 11.8 Å². The summed E-state index contributed by atoms with van der Waals surface area (Å²) < 4.78 is 11.3. The zero-order valence-electron chi connectivity index (χ0n) is 12.2. The van der Waals surface area contributed by atoms with Gasteiger partial charge < -0.3 is 19.7 Å². The van der Waals surface area contributed by atoms with E-state index in [4.69, 9.17) is 9.47 Å². The zero-order valence-corrected chi connectivity index (χ0v) is 12.2. The minimum atomic E-state index is -0.322. The van der Waals surface area contributed by atoms with Crippen molar-refractivity contribution in [2.75, 3.05) is 41.0 Å². The van der Waals surface area contributed by atoms with E-state index in [2.05, 4.69) is 10.4 Å². The van der Waals surface area contributed by atoms with E-state index in [1.807, 2.05) is 0 Å². The maximum absolute atomic E-state index is 12.2. The first-order valence-electron chi connectivity index (χ1n) is 6.08. The first kappa shape index (κ1) is 16.0. The molecule has 0 saturated heterocycles. The number of methoxy groups -OCH3 is 2. The van der Waals surface area contributed by atoms with E-state index in [-0.39, 0.29) is 24.2 Å². The van der Waals surface area contributed by atoms with Gasteiger partial charge in [0.15, 0.2) is 0 Å². The second-order valence-electron chi connectivity index (χ2n) is 4.23. The molecular formula is C12H20N4O4. The van der Waals surface area contributed by atoms with Gasteiger partial charge >= 0.3 is 0 Å². The lowest BCUT2D eigenvalue weighted by Crippen LogP contribution is -2.39. The topological polar surface area (TPSA) is 85.7 Å². The van der Waals surface area contributed by atoms with E-state index in [0.29, 0.717) is 18.7 Å². The van der Waals surface area contributed by atoms with Crippen molar-refractivity contribution in [3.63, 3.8) is 0 Å². The molecule has 0 aliphatic rings. The van der Waals surface area contributed by atoms with E-state index in [9.17, 15) is 9.59 Å². The molecule has 1 aromatic heterocycles. The molecule has 1 N–H and O–H groups in total. The normalized spacial score (nSPS) is 10.2. The maximum atomic E-state index is 12.2. The van der Waals surface area contributed by atoms with Crippen molar-refractivity contribution in [3.8, 4) is 5.88 Å². The van der Waals surface area contributed by atoms with Gasteiger partial charge in [0, 0.05) is 33.9 Å². The molecule has 1 rings (SSSR count). The first-order chi connectivity index (χ1) is 9.49. The Balaban J connectivity index is 2.60. The molecular weight excluding hydrogens is 264 g/mol. The summed E-state index contributed by atoms with van der Waals surface area (Å²) in [5.41, 5.74) is 0.321. The van der Waals surface area contributed by atoms with Crippen LogP contribution in [0.2, 0.25) is 0 Å². The molecule has 0 atom stereocenters. The molecule has 0 fully saturated rings. The van der Waals surface area contributed by atoms with Gasteiger partial charge in [-0.2, -0.15) is 0 Å². The van der Waals surface area contributed by atoms with E-state index >= 15 is 0 Å². The summed E-state index contributed by atoms with van der Waals surface area (Å²) in [5, 5.41) is 6.65. The van der Waals surface area contributed by atoms with Gasteiger partial charge in [0.1, 0.15) is 5.56 Å². The van der Waals surface area contributed by atoms with Crippen molar-refractivity contribution in [1.29, 1.82) is 0 Å². The van der Waals surface area contributed by atoms with E-state index in [0.717, 1.165) is 0 Å². The average Bonchev–Trinajstić information content (AvgIpc) is 2.79. The largest absolute Gasteiger partial charge is 0.479 e. The van der Waals surface area contributed by atoms with Gasteiger partial charge in [-0.05, 0) is 0 Å². The summed E-state index contributed by atoms with van der Waals surface area (Å²) in [5.74, 6) is -0.332. The molecule has 0 unspecified atom stereocenters. The lowest BCUT2D eigenvalue weighted by molar-refractivity contribution is -0.121. The van der Waals surface area contributed by atoms with Gasteiger partial charge in [-0.1, -0.05) is 0 Å². The zero-order chi connectivity index (χ0) is 15.1. The van der Waals surface area contributed by atoms with Crippen LogP contribution in [0.15, 0.2) is 6.20 Å². The predicted molar refractivity (Wildman–Crippen MR) is 71.6 cm³/mol. The molecule has 0 aliphatic heterocycles.